The van der Waals surface area contributed by atoms with Crippen LogP contribution in [-0.2, 0) is 53.9 Å². The number of aliphatic carboxylic acids is 1. The highest BCUT2D eigenvalue weighted by atomic mass is 127. The Morgan fingerprint density at radius 1 is 0.705 bits per heavy atom. The third kappa shape index (κ3) is 21.4. The SMILES string of the molecule is C.CC(C)I.CCC.COC(=O)C1=C(C)NC(c2ccc(F)cn2)=NC1(C)c1ccc(F)cc1.COC(=O)C1=C(CN2CCOC[C@@H]2C(=O)O)NC(c2ccc(F)cn2)=NC1(C)c1ccc(F)cc1.COC(=O)[C@@H]1CCCOC1.N#Cc1ccc(F)cn1. The van der Waals surface area contributed by atoms with Crippen LogP contribution in [0.2, 0.25) is 0 Å². The van der Waals surface area contributed by atoms with Gasteiger partial charge in [-0.15, -0.1) is 0 Å². The minimum absolute atomic E-state index is 0. The normalized spacial score (nSPS) is 19.3. The number of rotatable bonds is 10. The summed E-state index contributed by atoms with van der Waals surface area (Å²) in [5.74, 6) is -4.10. The number of nitrogens with one attached hydrogen (secondary N) is 2. The van der Waals surface area contributed by atoms with Crippen LogP contribution in [0, 0.1) is 46.3 Å². The number of morpholine rings is 1. The number of aromatic nitrogens is 3. The fraction of sp³-hybridized carbons (Fsp3) is 0.397. The highest BCUT2D eigenvalue weighted by Gasteiger charge is 2.44. The van der Waals surface area contributed by atoms with E-state index in [-0.39, 0.29) is 49.6 Å². The van der Waals surface area contributed by atoms with Gasteiger partial charge in [-0.05, 0) is 105 Å². The second-order valence-electron chi connectivity index (χ2n) is 19.9. The summed E-state index contributed by atoms with van der Waals surface area (Å²) in [4.78, 5) is 70.8. The van der Waals surface area contributed by atoms with Crippen LogP contribution in [0.5, 0.6) is 0 Å². The van der Waals surface area contributed by atoms with Crippen molar-refractivity contribution in [2.75, 3.05) is 60.8 Å². The molecule has 0 amide bonds. The fourth-order valence-electron chi connectivity index (χ4n) is 8.75. The van der Waals surface area contributed by atoms with E-state index in [2.05, 4.69) is 85.6 Å². The Labute approximate surface area is 523 Å². The number of benzene rings is 2. The number of carboxylic acids is 1. The van der Waals surface area contributed by atoms with Crippen molar-refractivity contribution in [1.82, 2.24) is 30.5 Å². The number of hydrogen-bond acceptors (Lipinski definition) is 18. The molecule has 5 aromatic rings. The number of ether oxygens (including phenoxy) is 5. The lowest BCUT2D eigenvalue weighted by molar-refractivity contribution is -0.150. The molecule has 2 fully saturated rings. The average molecular weight is 1340 g/mol. The fourth-order valence-corrected chi connectivity index (χ4v) is 8.75. The summed E-state index contributed by atoms with van der Waals surface area (Å²) < 4.78 is 91.6. The third-order valence-electron chi connectivity index (χ3n) is 12.9. The first-order valence-corrected chi connectivity index (χ1v) is 28.6. The maximum Gasteiger partial charge on any atom is 0.338 e. The lowest BCUT2D eigenvalue weighted by atomic mass is 9.82. The number of nitrogens with zero attached hydrogens (tertiary/aromatic N) is 7. The van der Waals surface area contributed by atoms with Crippen LogP contribution in [0.4, 0.5) is 22.0 Å². The molecule has 0 aliphatic carbocycles. The summed E-state index contributed by atoms with van der Waals surface area (Å²) in [6, 6.07) is 20.1. The number of carboxylic acid groups (broad SMARTS) is 1. The standard InChI is InChI=1S/C24H24F2N4O5.C19H17F2N3O2.C7H12O3.C6H3FN2.C3H7I.C3H8.CH4/c1-24(14-3-5-15(25)6-4-14)20(23(33)34-2)18(12-30-9-10-35-13-19(30)22(31)32)28-21(29-24)17-8-7-16(26)11-27-17;1-11-16(18(25)26-3)19(2,12-4-6-13(20)7-5-12)24-17(23-11)15-9-8-14(21)10-22-15;1-9-7(8)6-3-2-4-10-5-6;7-5-1-2-6(3-8)9-4-5;1-3(2)4;1-3-2;/h3-8,11,19H,9-10,12-13H2,1-2H3,(H,28,29)(H,31,32);4-10H,1-3H3,(H,23,24);6H,2-5H2,1H3;1-2,4H;3H,1-2H3;3H2,1-2H3;1H4/t19-,24?;;6-;;;;/m1.1..../s1. The van der Waals surface area contributed by atoms with Crippen molar-refractivity contribution in [3.05, 3.63) is 183 Å². The van der Waals surface area contributed by atoms with E-state index in [1.54, 1.807) is 43.9 Å². The van der Waals surface area contributed by atoms with Gasteiger partial charge in [0, 0.05) is 35.0 Å². The van der Waals surface area contributed by atoms with Gasteiger partial charge >= 0.3 is 23.9 Å². The number of carbonyl (C=O) groups is 4. The Balaban J connectivity index is 0.000000331. The van der Waals surface area contributed by atoms with Gasteiger partial charge in [0.2, 0.25) is 0 Å². The van der Waals surface area contributed by atoms with Gasteiger partial charge < -0.3 is 39.4 Å². The molecule has 7 heterocycles. The molecule has 4 aliphatic heterocycles. The molecule has 0 radical (unpaired) electrons. The van der Waals surface area contributed by atoms with Gasteiger partial charge in [0.05, 0.1) is 76.8 Å². The Morgan fingerprint density at radius 3 is 1.56 bits per heavy atom. The number of amidine groups is 2. The quantitative estimate of drug-likeness (QED) is 0.0387. The van der Waals surface area contributed by atoms with E-state index in [9.17, 15) is 46.2 Å². The Morgan fingerprint density at radius 2 is 1.15 bits per heavy atom. The van der Waals surface area contributed by atoms with Gasteiger partial charge in [0.15, 0.2) is 11.7 Å². The molecular formula is C63H75F5IN9O10. The van der Waals surface area contributed by atoms with Gasteiger partial charge in [-0.25, -0.2) is 56.5 Å². The van der Waals surface area contributed by atoms with Crippen molar-refractivity contribution in [1.29, 1.82) is 5.26 Å². The predicted molar refractivity (Wildman–Crippen MR) is 329 cm³/mol. The van der Waals surface area contributed by atoms with Crippen LogP contribution in [-0.4, -0.2) is 131 Å². The molecule has 2 aromatic carbocycles. The first-order valence-electron chi connectivity index (χ1n) is 27.4. The van der Waals surface area contributed by atoms with Crippen molar-refractivity contribution in [2.24, 2.45) is 15.9 Å². The highest BCUT2D eigenvalue weighted by Crippen LogP contribution is 2.40. The zero-order valence-electron chi connectivity index (χ0n) is 49.9. The highest BCUT2D eigenvalue weighted by molar-refractivity contribution is 14.1. The number of methoxy groups -OCH3 is 3. The molecule has 0 spiro atoms. The number of alkyl halides is 1. The molecule has 2 unspecified atom stereocenters. The van der Waals surface area contributed by atoms with Crippen molar-refractivity contribution in [3.63, 3.8) is 0 Å². The Kier molecular flexibility index (Phi) is 30.6. The first-order chi connectivity index (χ1) is 41.4. The summed E-state index contributed by atoms with van der Waals surface area (Å²) in [6.07, 6.45) is 6.27. The molecule has 4 aliphatic rings. The number of halogens is 6. The Hall–Kier alpha value is -8.06. The molecule has 9 rings (SSSR count). The van der Waals surface area contributed by atoms with Crippen LogP contribution in [0.3, 0.4) is 0 Å². The predicted octanol–water partition coefficient (Wildman–Crippen LogP) is 10.5. The number of nitriles is 1. The van der Waals surface area contributed by atoms with Crippen LogP contribution < -0.4 is 10.6 Å². The molecule has 3 N–H and O–H groups in total. The number of carbonyl (C=O) groups excluding carboxylic acids is 3. The Bertz CT molecular complexity index is 3250. The van der Waals surface area contributed by atoms with Gasteiger partial charge in [0.1, 0.15) is 69.4 Å². The summed E-state index contributed by atoms with van der Waals surface area (Å²) in [6.45, 7) is 15.7. The second kappa shape index (κ2) is 36.3. The zero-order chi connectivity index (χ0) is 64.4. The van der Waals surface area contributed by atoms with Crippen LogP contribution in [0.15, 0.2) is 136 Å². The van der Waals surface area contributed by atoms with E-state index in [0.717, 1.165) is 42.0 Å². The van der Waals surface area contributed by atoms with E-state index in [1.807, 2.05) is 0 Å². The zero-order valence-corrected chi connectivity index (χ0v) is 52.1. The van der Waals surface area contributed by atoms with Gasteiger partial charge in [0.25, 0.3) is 0 Å². The topological polar surface area (TPSA) is 249 Å². The molecule has 88 heavy (non-hydrogen) atoms. The van der Waals surface area contributed by atoms with E-state index < -0.39 is 64.1 Å². The average Bonchev–Trinajstić information content (AvgIpc) is 0.852. The van der Waals surface area contributed by atoms with Crippen LogP contribution >= 0.6 is 22.6 Å². The van der Waals surface area contributed by atoms with Crippen LogP contribution in [0.1, 0.15) is 103 Å². The van der Waals surface area contributed by atoms with Gasteiger partial charge in [-0.1, -0.05) is 88.4 Å². The molecular weight excluding hydrogens is 1260 g/mol. The largest absolute Gasteiger partial charge is 0.480 e. The molecule has 25 heteroatoms. The van der Waals surface area contributed by atoms with Crippen molar-refractivity contribution >= 4 is 58.1 Å². The molecule has 19 nitrogen and oxygen atoms in total. The molecule has 2 saturated heterocycles. The summed E-state index contributed by atoms with van der Waals surface area (Å²) in [7, 11) is 3.93. The van der Waals surface area contributed by atoms with E-state index in [4.69, 9.17) is 29.2 Å². The number of pyridine rings is 3. The smallest absolute Gasteiger partial charge is 0.338 e. The van der Waals surface area contributed by atoms with Gasteiger partial charge in [-0.2, -0.15) is 5.26 Å². The summed E-state index contributed by atoms with van der Waals surface area (Å²) in [5, 5.41) is 24.0. The number of aliphatic imine (C=N–C) groups is 2. The minimum Gasteiger partial charge on any atom is -0.480 e. The van der Waals surface area contributed by atoms with Crippen molar-refractivity contribution in [2.45, 2.75) is 96.2 Å². The monoisotopic (exact) mass is 1340 g/mol. The molecule has 474 valence electrons. The van der Waals surface area contributed by atoms with E-state index >= 15 is 0 Å². The lowest BCUT2D eigenvalue weighted by Crippen LogP contribution is -2.53. The molecule has 0 bridgehead atoms. The van der Waals surface area contributed by atoms with Crippen molar-refractivity contribution < 1.29 is 69.9 Å². The van der Waals surface area contributed by atoms with Gasteiger partial charge in [-0.3, -0.25) is 14.5 Å². The number of esters is 3. The maximum absolute atomic E-state index is 13.7. The number of allylic oxidation sites excluding steroid dienone is 1. The molecule has 3 aromatic heterocycles. The second-order valence-corrected chi connectivity index (χ2v) is 22.4. The maximum atomic E-state index is 13.7. The van der Waals surface area contributed by atoms with Crippen molar-refractivity contribution in [3.8, 4) is 6.07 Å². The van der Waals surface area contributed by atoms with E-state index in [0.29, 0.717) is 65.1 Å². The van der Waals surface area contributed by atoms with Crippen LogP contribution in [0.25, 0.3) is 0 Å². The van der Waals surface area contributed by atoms with E-state index in [1.165, 1.54) is 101 Å². The third-order valence-corrected chi connectivity index (χ3v) is 12.9. The summed E-state index contributed by atoms with van der Waals surface area (Å²) in [5.41, 5.74) is 0.893. The minimum atomic E-state index is -1.35. The summed E-state index contributed by atoms with van der Waals surface area (Å²) >= 11 is 2.34. The molecule has 4 atom stereocenters. The first kappa shape index (κ1) is 74.2. The lowest BCUT2D eigenvalue weighted by Gasteiger charge is -2.38. The number of hydrogen-bond donors (Lipinski definition) is 3. The molecule has 0 saturated carbocycles.